The molecule has 2 aliphatic rings. The van der Waals surface area contributed by atoms with Crippen molar-refractivity contribution < 1.29 is 4.74 Å². The summed E-state index contributed by atoms with van der Waals surface area (Å²) in [7, 11) is 0. The van der Waals surface area contributed by atoms with Gasteiger partial charge in [0.25, 0.3) is 0 Å². The summed E-state index contributed by atoms with van der Waals surface area (Å²) in [6.45, 7) is 3.22. The molecule has 17 heavy (non-hydrogen) atoms. The first kappa shape index (κ1) is 10.7. The lowest BCUT2D eigenvalue weighted by Gasteiger charge is -2.34. The number of fused-ring (bicyclic) bond motifs is 1. The van der Waals surface area contributed by atoms with E-state index in [2.05, 4.69) is 15.5 Å². The van der Waals surface area contributed by atoms with Crippen LogP contribution in [0, 0.1) is 0 Å². The second kappa shape index (κ2) is 4.47. The van der Waals surface area contributed by atoms with Gasteiger partial charge in [0.05, 0.1) is 24.6 Å². The molecule has 2 heterocycles. The van der Waals surface area contributed by atoms with Gasteiger partial charge in [0, 0.05) is 13.1 Å². The van der Waals surface area contributed by atoms with Crippen LogP contribution in [-0.4, -0.2) is 31.2 Å². The van der Waals surface area contributed by atoms with Crippen LogP contribution >= 0.6 is 11.6 Å². The first-order valence-electron chi connectivity index (χ1n) is 5.70. The molecule has 90 valence electrons. The van der Waals surface area contributed by atoms with Crippen LogP contribution in [0.4, 0.5) is 11.4 Å². The topological polar surface area (TPSA) is 36.5 Å². The highest BCUT2D eigenvalue weighted by Gasteiger charge is 2.21. The third kappa shape index (κ3) is 2.06. The molecule has 0 spiro atoms. The highest BCUT2D eigenvalue weighted by molar-refractivity contribution is 6.31. The Morgan fingerprint density at radius 1 is 1.06 bits per heavy atom. The number of rotatable bonds is 1. The largest absolute Gasteiger partial charge is 0.378 e. The molecular formula is C12H14ClN3O. The van der Waals surface area contributed by atoms with E-state index in [9.17, 15) is 0 Å². The molecular weight excluding hydrogens is 238 g/mol. The average molecular weight is 252 g/mol. The number of morpholine rings is 1. The Labute approximate surface area is 105 Å². The van der Waals surface area contributed by atoms with Crippen LogP contribution in [0.15, 0.2) is 35.2 Å². The van der Waals surface area contributed by atoms with Gasteiger partial charge in [0.15, 0.2) is 0 Å². The lowest BCUT2D eigenvalue weighted by molar-refractivity contribution is 0.0540. The van der Waals surface area contributed by atoms with Crippen molar-refractivity contribution in [2.75, 3.05) is 36.9 Å². The van der Waals surface area contributed by atoms with Crippen molar-refractivity contribution in [2.24, 2.45) is 0 Å². The summed E-state index contributed by atoms with van der Waals surface area (Å²) in [6.07, 6.45) is 0. The summed E-state index contributed by atoms with van der Waals surface area (Å²) in [6, 6.07) is 8.02. The summed E-state index contributed by atoms with van der Waals surface area (Å²) < 4.78 is 5.34. The Bertz CT molecular complexity index is 455. The predicted octanol–water partition coefficient (Wildman–Crippen LogP) is 2.22. The van der Waals surface area contributed by atoms with E-state index in [4.69, 9.17) is 16.3 Å². The Balaban J connectivity index is 1.86. The summed E-state index contributed by atoms with van der Waals surface area (Å²) in [4.78, 5) is 2.20. The van der Waals surface area contributed by atoms with Gasteiger partial charge in [-0.25, -0.2) is 0 Å². The minimum atomic E-state index is 0.644. The Hall–Kier alpha value is -1.39. The molecule has 1 saturated heterocycles. The van der Waals surface area contributed by atoms with Crippen molar-refractivity contribution in [3.63, 3.8) is 0 Å². The van der Waals surface area contributed by atoms with Crippen molar-refractivity contribution in [1.82, 2.24) is 4.90 Å². The van der Waals surface area contributed by atoms with Gasteiger partial charge in [-0.05, 0) is 12.1 Å². The molecule has 0 aliphatic carbocycles. The molecule has 0 unspecified atom stereocenters. The van der Waals surface area contributed by atoms with E-state index < -0.39 is 0 Å². The van der Waals surface area contributed by atoms with E-state index in [1.807, 2.05) is 24.3 Å². The minimum absolute atomic E-state index is 0.644. The van der Waals surface area contributed by atoms with Gasteiger partial charge in [-0.1, -0.05) is 23.7 Å². The zero-order chi connectivity index (χ0) is 11.7. The smallest absolute Gasteiger partial charge is 0.147 e. The van der Waals surface area contributed by atoms with E-state index in [0.717, 1.165) is 43.5 Å². The molecule has 1 aromatic rings. The summed E-state index contributed by atoms with van der Waals surface area (Å²) in [5.41, 5.74) is 2.06. The zero-order valence-corrected chi connectivity index (χ0v) is 10.1. The number of para-hydroxylation sites is 2. The van der Waals surface area contributed by atoms with Crippen LogP contribution in [-0.2, 0) is 4.74 Å². The number of nitrogens with zero attached hydrogens (tertiary/aromatic N) is 1. The van der Waals surface area contributed by atoms with E-state index in [1.54, 1.807) is 0 Å². The van der Waals surface area contributed by atoms with Crippen LogP contribution in [0.3, 0.4) is 0 Å². The van der Waals surface area contributed by atoms with Crippen LogP contribution in [0.5, 0.6) is 0 Å². The summed E-state index contributed by atoms with van der Waals surface area (Å²) in [5.74, 6) is 0.939. The van der Waals surface area contributed by atoms with Crippen molar-refractivity contribution >= 4 is 23.0 Å². The molecule has 5 heteroatoms. The molecule has 0 radical (unpaired) electrons. The number of nitrogens with one attached hydrogen (secondary N) is 2. The highest BCUT2D eigenvalue weighted by atomic mass is 35.5. The van der Waals surface area contributed by atoms with Crippen LogP contribution in [0.1, 0.15) is 0 Å². The molecule has 1 fully saturated rings. The van der Waals surface area contributed by atoms with Gasteiger partial charge in [0.2, 0.25) is 0 Å². The average Bonchev–Trinajstić information content (AvgIpc) is 2.39. The highest BCUT2D eigenvalue weighted by Crippen LogP contribution is 2.32. The molecule has 0 bridgehead atoms. The van der Waals surface area contributed by atoms with E-state index in [1.165, 1.54) is 0 Å². The Kier molecular flexibility index (Phi) is 2.82. The first-order valence-corrected chi connectivity index (χ1v) is 6.08. The van der Waals surface area contributed by atoms with Gasteiger partial charge in [-0.15, -0.1) is 0 Å². The zero-order valence-electron chi connectivity index (χ0n) is 9.37. The number of halogens is 1. The molecule has 4 nitrogen and oxygen atoms in total. The second-order valence-corrected chi connectivity index (χ2v) is 4.44. The number of benzene rings is 1. The molecule has 0 saturated carbocycles. The Morgan fingerprint density at radius 3 is 2.41 bits per heavy atom. The quantitative estimate of drug-likeness (QED) is 0.751. The van der Waals surface area contributed by atoms with Gasteiger partial charge in [-0.2, -0.15) is 0 Å². The van der Waals surface area contributed by atoms with E-state index >= 15 is 0 Å². The van der Waals surface area contributed by atoms with Crippen molar-refractivity contribution in [3.8, 4) is 0 Å². The van der Waals surface area contributed by atoms with Crippen molar-refractivity contribution in [3.05, 3.63) is 35.2 Å². The molecule has 0 amide bonds. The molecule has 0 aromatic heterocycles. The number of ether oxygens (including phenoxy) is 1. The normalized spacial score (nSPS) is 19.5. The molecule has 2 aliphatic heterocycles. The molecule has 0 atom stereocenters. The van der Waals surface area contributed by atoms with Crippen molar-refractivity contribution in [2.45, 2.75) is 0 Å². The SMILES string of the molecule is ClC1=C(N2CCOCC2)Nc2ccccc2N1. The van der Waals surface area contributed by atoms with Gasteiger partial charge in [0.1, 0.15) is 11.0 Å². The molecule has 1 aromatic carbocycles. The van der Waals surface area contributed by atoms with Crippen LogP contribution in [0.25, 0.3) is 0 Å². The van der Waals surface area contributed by atoms with E-state index in [-0.39, 0.29) is 0 Å². The number of hydrogen-bond acceptors (Lipinski definition) is 4. The fourth-order valence-corrected chi connectivity index (χ4v) is 2.33. The minimum Gasteiger partial charge on any atom is -0.378 e. The first-order chi connectivity index (χ1) is 8.34. The lowest BCUT2D eigenvalue weighted by atomic mass is 10.2. The standard InChI is InChI=1S/C12H14ClN3O/c13-11-12(16-5-7-17-8-6-16)15-10-4-2-1-3-9(10)14-11/h1-4,14-15H,5-8H2. The predicted molar refractivity (Wildman–Crippen MR) is 69.0 cm³/mol. The van der Waals surface area contributed by atoms with Crippen LogP contribution < -0.4 is 10.6 Å². The molecule has 3 rings (SSSR count). The van der Waals surface area contributed by atoms with Gasteiger partial charge >= 0.3 is 0 Å². The number of hydrogen-bond donors (Lipinski definition) is 2. The van der Waals surface area contributed by atoms with Gasteiger partial charge in [-0.3, -0.25) is 0 Å². The molecule has 2 N–H and O–H groups in total. The second-order valence-electron chi connectivity index (χ2n) is 4.06. The third-order valence-corrected chi connectivity index (χ3v) is 3.23. The van der Waals surface area contributed by atoms with Crippen LogP contribution in [0.2, 0.25) is 0 Å². The third-order valence-electron chi connectivity index (χ3n) is 2.96. The maximum atomic E-state index is 6.27. The fraction of sp³-hybridized carbons (Fsp3) is 0.333. The lowest BCUT2D eigenvalue weighted by Crippen LogP contribution is -2.39. The fourth-order valence-electron chi connectivity index (χ4n) is 2.07. The Morgan fingerprint density at radius 2 is 1.71 bits per heavy atom. The summed E-state index contributed by atoms with van der Waals surface area (Å²) in [5, 5.41) is 7.22. The monoisotopic (exact) mass is 251 g/mol. The van der Waals surface area contributed by atoms with E-state index in [0.29, 0.717) is 5.16 Å². The number of anilines is 2. The summed E-state index contributed by atoms with van der Waals surface area (Å²) >= 11 is 6.27. The van der Waals surface area contributed by atoms with Crippen molar-refractivity contribution in [1.29, 1.82) is 0 Å². The van der Waals surface area contributed by atoms with Gasteiger partial charge < -0.3 is 20.3 Å². The maximum Gasteiger partial charge on any atom is 0.147 e. The maximum absolute atomic E-state index is 6.27.